The molecule has 0 amide bonds. The molecule has 0 fully saturated rings. The van der Waals surface area contributed by atoms with E-state index in [4.69, 9.17) is 0 Å². The van der Waals surface area contributed by atoms with Crippen LogP contribution in [0.25, 0.3) is 0 Å². The molecule has 0 saturated carbocycles. The second-order valence-corrected chi connectivity index (χ2v) is 0. The van der Waals surface area contributed by atoms with Gasteiger partial charge in [0.05, 0.1) is 0 Å². The van der Waals surface area contributed by atoms with E-state index < -0.39 is 0 Å². The third-order valence-corrected chi connectivity index (χ3v) is 0. The first kappa shape index (κ1) is 3170. The number of hydrogen-bond donors (Lipinski definition) is 0. The van der Waals surface area contributed by atoms with Crippen LogP contribution in [0.4, 0.5) is 0 Å². The minimum atomic E-state index is 0. The van der Waals surface area contributed by atoms with Crippen LogP contribution >= 0.6 is 0 Å². The Bertz CT molecular complexity index is 21.4. The van der Waals surface area contributed by atoms with Gasteiger partial charge < -0.3 is 70.4 Å². The quantitative estimate of drug-likeness (QED) is 0.374. The van der Waals surface area contributed by atoms with Gasteiger partial charge in [-0.25, -0.2) is 0 Å². The van der Waals surface area contributed by atoms with E-state index in [1.54, 1.807) is 0 Å². The van der Waals surface area contributed by atoms with Crippen LogP contribution in [-0.4, -0.2) is 5.48 Å². The van der Waals surface area contributed by atoms with Crippen molar-refractivity contribution in [2.75, 3.05) is 0 Å². The summed E-state index contributed by atoms with van der Waals surface area (Å²) in [6, 6.07) is 0. The van der Waals surface area contributed by atoms with Gasteiger partial charge in [-0.2, -0.15) is 0 Å². The maximum Gasteiger partial charge on any atom is 3.00 e. The van der Waals surface area contributed by atoms with E-state index in [1.807, 2.05) is 0 Å². The molecule has 4 heteroatoms. The Morgan fingerprint density at radius 1 is 0.429 bits per heavy atom. The van der Waals surface area contributed by atoms with Gasteiger partial charge in [0, 0.05) is 0 Å². The summed E-state index contributed by atoms with van der Waals surface area (Å²) in [5, 5.41) is 0. The summed E-state index contributed by atoms with van der Waals surface area (Å²) in [6.07, 6.45) is 0. The third-order valence-electron chi connectivity index (χ3n) is 0. The average molecular weight is 302 g/mol. The van der Waals surface area contributed by atoms with Gasteiger partial charge in [-0.15, -0.1) is 0 Å². The summed E-state index contributed by atoms with van der Waals surface area (Å²) >= 11 is 0. The monoisotopic (exact) mass is 302 g/mol. The molecule has 0 aliphatic heterocycles. The van der Waals surface area contributed by atoms with E-state index in [-0.39, 0.29) is 121 Å². The Morgan fingerprint density at radius 3 is 0.429 bits per heavy atom. The molecule has 0 atom stereocenters. The molecule has 2 nitrogen and oxygen atoms in total. The van der Waals surface area contributed by atoms with E-state index in [2.05, 4.69) is 0 Å². The fourth-order valence-electron chi connectivity index (χ4n) is 0. The van der Waals surface area contributed by atoms with E-state index in [0.717, 1.165) is 0 Å². The third kappa shape index (κ3) is 2020. The molecule has 0 aromatic heterocycles. The van der Waals surface area contributed by atoms with Crippen LogP contribution in [0.5, 0.6) is 0 Å². The van der Waals surface area contributed by atoms with Gasteiger partial charge in [0.2, 0.25) is 0 Å². The largest absolute Gasteiger partial charge is 3.00 e. The summed E-state index contributed by atoms with van der Waals surface area (Å²) < 4.78 is 0. The average Bonchev–Trinajstić information content (AvgIpc) is 0. The van der Waals surface area contributed by atoms with Crippen molar-refractivity contribution in [3.05, 3.63) is 59.4 Å². The van der Waals surface area contributed by atoms with Crippen molar-refractivity contribution in [3.8, 4) is 0 Å². The zero-order valence-corrected chi connectivity index (χ0v) is 12.0. The van der Waals surface area contributed by atoms with Crippen molar-refractivity contribution >= 4 is 0 Å². The molecule has 0 aromatic rings. The van der Waals surface area contributed by atoms with Gasteiger partial charge in [0.1, 0.15) is 0 Å². The Kier molecular flexibility index (Phi) is 577000. The molecular formula is C10H38Fe2O2. The maximum absolute atomic E-state index is 0. The summed E-state index contributed by atoms with van der Waals surface area (Å²) in [4.78, 5) is 0. The molecule has 0 aromatic carbocycles. The molecule has 0 aliphatic rings. The van der Waals surface area contributed by atoms with Gasteiger partial charge in [0.25, 0.3) is 0 Å². The van der Waals surface area contributed by atoms with Crippen LogP contribution in [0.15, 0.2) is 0 Å². The predicted molar refractivity (Wildman–Crippen MR) is 74.4 cm³/mol. The molecule has 106 valence electrons. The Morgan fingerprint density at radius 2 is 0.429 bits per heavy atom. The van der Waals surface area contributed by atoms with E-state index in [1.165, 1.54) is 0 Å². The van der Waals surface area contributed by atoms with Gasteiger partial charge in [0.15, 0.2) is 0 Å². The Balaban J connectivity index is 0. The minimum Gasteiger partial charge on any atom is -0.457 e. The number of hydrogen-bond acceptors (Lipinski definition) is 0. The minimum absolute atomic E-state index is 0. The maximum atomic E-state index is 0. The van der Waals surface area contributed by atoms with Crippen molar-refractivity contribution < 1.29 is 46.5 Å². The van der Waals surface area contributed by atoms with Crippen LogP contribution in [-0.2, 0) is 39.6 Å². The van der Waals surface area contributed by atoms with Crippen LogP contribution < -0.4 is 0 Å². The molecular weight excluding hydrogens is 264 g/mol. The van der Waals surface area contributed by atoms with Gasteiger partial charge in [-0.3, -0.25) is 0 Å². The summed E-state index contributed by atoms with van der Waals surface area (Å²) in [5.41, 5.74) is 0. The van der Waals surface area contributed by atoms with Gasteiger partial charge >= 0.3 is 35.6 Å². The van der Waals surface area contributed by atoms with E-state index in [9.17, 15) is 0 Å². The van der Waals surface area contributed by atoms with E-state index >= 15 is 0 Å². The van der Waals surface area contributed by atoms with Crippen LogP contribution in [0.2, 0.25) is 0 Å². The normalized spacial score (nSPS) is 0. The van der Waals surface area contributed by atoms with Crippen LogP contribution in [0.3, 0.4) is 0 Å². The van der Waals surface area contributed by atoms with Crippen LogP contribution in [0, 0.1) is 59.4 Å². The van der Waals surface area contributed by atoms with E-state index in [0.29, 0.717) is 0 Å². The fraction of sp³-hybridized carbons (Fsp3) is 0.200. The Labute approximate surface area is 121 Å². The SMILES string of the molecule is C.C.O.[CH3-].[CH3-].[CH3-].[CH3-].[CH3-].[CH3-].[CH3-].[CH3-].[Fe+3].[Fe+3].[H+].[OH3+]. The van der Waals surface area contributed by atoms with Crippen molar-refractivity contribution in [2.45, 2.75) is 14.9 Å². The molecule has 0 spiro atoms. The van der Waals surface area contributed by atoms with Crippen molar-refractivity contribution in [2.24, 2.45) is 0 Å². The summed E-state index contributed by atoms with van der Waals surface area (Å²) in [6.45, 7) is 0. The second kappa shape index (κ2) is 2550. The first-order chi connectivity index (χ1) is 0. The van der Waals surface area contributed by atoms with Crippen molar-refractivity contribution in [3.63, 3.8) is 0 Å². The first-order valence-corrected chi connectivity index (χ1v) is 0. The molecule has 5 N–H and O–H groups in total. The number of rotatable bonds is 0. The first-order valence-electron chi connectivity index (χ1n) is 0. The molecule has 0 aliphatic carbocycles. The van der Waals surface area contributed by atoms with Gasteiger partial charge in [-0.1, -0.05) is 14.9 Å². The summed E-state index contributed by atoms with van der Waals surface area (Å²) in [7, 11) is 0. The topological polar surface area (TPSA) is 64.5 Å². The standard InChI is InChI=1S/2CH4.8CH3.2Fe.2H2O/h2*1H4;8*1H3;;;2*1H2/q;;8*-1;2*+3;;/p+2. The molecule has 0 heterocycles. The molecule has 0 unspecified atom stereocenters. The Hall–Kier alpha value is 0.959. The van der Waals surface area contributed by atoms with Crippen molar-refractivity contribution in [1.29, 1.82) is 0 Å². The smallest absolute Gasteiger partial charge is 0.457 e. The van der Waals surface area contributed by atoms with Crippen LogP contribution in [0.1, 0.15) is 16.3 Å². The molecule has 0 rings (SSSR count). The van der Waals surface area contributed by atoms with Crippen molar-refractivity contribution in [1.82, 2.24) is 0 Å². The molecule has 2 radical (unpaired) electrons. The second-order valence-electron chi connectivity index (χ2n) is 0. The molecule has 0 saturated heterocycles. The predicted octanol–water partition coefficient (Wildman–Crippen LogP) is 3.24. The summed E-state index contributed by atoms with van der Waals surface area (Å²) in [5.74, 6) is 0. The zero-order chi connectivity index (χ0) is 0. The van der Waals surface area contributed by atoms with Gasteiger partial charge in [-0.05, 0) is 0 Å². The molecule has 14 heavy (non-hydrogen) atoms. The zero-order valence-electron chi connectivity index (χ0n) is 10.8. The molecule has 0 bridgehead atoms. The fourth-order valence-corrected chi connectivity index (χ4v) is 0.